The van der Waals surface area contributed by atoms with Crippen molar-refractivity contribution in [3.63, 3.8) is 0 Å². The van der Waals surface area contributed by atoms with E-state index in [-0.39, 0.29) is 29.8 Å². The summed E-state index contributed by atoms with van der Waals surface area (Å²) in [6, 6.07) is 0.270. The predicted octanol–water partition coefficient (Wildman–Crippen LogP) is 2.97. The minimum Gasteiger partial charge on any atom is -0.347 e. The third-order valence-electron chi connectivity index (χ3n) is 6.06. The number of halogens is 1. The lowest BCUT2D eigenvalue weighted by molar-refractivity contribution is 0.0822. The number of aromatic nitrogens is 1. The molecule has 118 valence electrons. The topological polar surface area (TPSA) is 68.0 Å². The Labute approximate surface area is 136 Å². The number of thiazole rings is 1. The first kappa shape index (κ1) is 16.7. The molecule has 2 aliphatic rings. The van der Waals surface area contributed by atoms with Crippen molar-refractivity contribution in [3.8, 4) is 0 Å². The SMILES string of the molecule is CC1(C)C2CCC1(C)C(NC(=O)c1csc(CN)n1)C2.Cl. The number of carbonyl (C=O) groups is 1. The summed E-state index contributed by atoms with van der Waals surface area (Å²) in [4.78, 5) is 16.6. The van der Waals surface area contributed by atoms with Crippen LogP contribution in [0.25, 0.3) is 0 Å². The summed E-state index contributed by atoms with van der Waals surface area (Å²) in [7, 11) is 0. The lowest BCUT2D eigenvalue weighted by atomic mass is 9.69. The summed E-state index contributed by atoms with van der Waals surface area (Å²) >= 11 is 1.45. The van der Waals surface area contributed by atoms with Crippen molar-refractivity contribution in [1.82, 2.24) is 10.3 Å². The number of hydrogen-bond acceptors (Lipinski definition) is 4. The summed E-state index contributed by atoms with van der Waals surface area (Å²) in [5.74, 6) is 0.684. The highest BCUT2D eigenvalue weighted by Crippen LogP contribution is 2.65. The van der Waals surface area contributed by atoms with E-state index in [0.29, 0.717) is 17.7 Å². The quantitative estimate of drug-likeness (QED) is 0.895. The zero-order valence-corrected chi connectivity index (χ0v) is 14.4. The van der Waals surface area contributed by atoms with Gasteiger partial charge in [-0.05, 0) is 36.0 Å². The fourth-order valence-corrected chi connectivity index (χ4v) is 4.82. The van der Waals surface area contributed by atoms with Crippen LogP contribution >= 0.6 is 23.7 Å². The molecule has 3 atom stereocenters. The van der Waals surface area contributed by atoms with Crippen LogP contribution in [0.1, 0.15) is 55.5 Å². The van der Waals surface area contributed by atoms with Crippen LogP contribution in [0.3, 0.4) is 0 Å². The van der Waals surface area contributed by atoms with E-state index in [1.807, 2.05) is 0 Å². The van der Waals surface area contributed by atoms with E-state index in [4.69, 9.17) is 5.73 Å². The van der Waals surface area contributed by atoms with Gasteiger partial charge in [0, 0.05) is 18.0 Å². The average Bonchev–Trinajstić information content (AvgIpc) is 3.01. The molecule has 0 aliphatic heterocycles. The van der Waals surface area contributed by atoms with Crippen molar-refractivity contribution >= 4 is 29.7 Å². The van der Waals surface area contributed by atoms with Crippen molar-refractivity contribution in [2.24, 2.45) is 22.5 Å². The van der Waals surface area contributed by atoms with Crippen LogP contribution in [0.15, 0.2) is 5.38 Å². The van der Waals surface area contributed by atoms with Crippen molar-refractivity contribution in [3.05, 3.63) is 16.1 Å². The normalized spacial score (nSPS) is 32.8. The molecule has 6 heteroatoms. The van der Waals surface area contributed by atoms with Gasteiger partial charge in [0.1, 0.15) is 10.7 Å². The zero-order chi connectivity index (χ0) is 14.5. The Kier molecular flexibility index (Phi) is 4.40. The van der Waals surface area contributed by atoms with Gasteiger partial charge in [-0.15, -0.1) is 23.7 Å². The number of rotatable bonds is 3. The Balaban J connectivity index is 0.00000161. The molecule has 2 bridgehead atoms. The number of hydrogen-bond donors (Lipinski definition) is 2. The van der Waals surface area contributed by atoms with Gasteiger partial charge in [0.2, 0.25) is 0 Å². The molecule has 1 aromatic heterocycles. The number of nitrogens with one attached hydrogen (secondary N) is 1. The molecule has 0 saturated heterocycles. The molecule has 1 heterocycles. The van der Waals surface area contributed by atoms with Gasteiger partial charge in [-0.1, -0.05) is 20.8 Å². The largest absolute Gasteiger partial charge is 0.347 e. The first-order valence-electron chi connectivity index (χ1n) is 7.34. The molecule has 0 radical (unpaired) electrons. The highest BCUT2D eigenvalue weighted by atomic mass is 35.5. The first-order chi connectivity index (χ1) is 9.38. The number of carbonyl (C=O) groups excluding carboxylic acids is 1. The van der Waals surface area contributed by atoms with E-state index in [1.165, 1.54) is 24.2 Å². The molecule has 1 amide bonds. The number of nitrogens with zero attached hydrogens (tertiary/aromatic N) is 1. The zero-order valence-electron chi connectivity index (χ0n) is 12.8. The Morgan fingerprint density at radius 3 is 2.71 bits per heavy atom. The van der Waals surface area contributed by atoms with Gasteiger partial charge >= 0.3 is 0 Å². The van der Waals surface area contributed by atoms with E-state index >= 15 is 0 Å². The Morgan fingerprint density at radius 2 is 2.24 bits per heavy atom. The van der Waals surface area contributed by atoms with E-state index in [2.05, 4.69) is 31.1 Å². The molecule has 21 heavy (non-hydrogen) atoms. The van der Waals surface area contributed by atoms with Gasteiger partial charge in [-0.25, -0.2) is 4.98 Å². The summed E-state index contributed by atoms with van der Waals surface area (Å²) < 4.78 is 0. The molecule has 3 rings (SSSR count). The van der Waals surface area contributed by atoms with Gasteiger partial charge in [-0.3, -0.25) is 4.79 Å². The van der Waals surface area contributed by atoms with Gasteiger partial charge < -0.3 is 11.1 Å². The second-order valence-electron chi connectivity index (χ2n) is 6.97. The van der Waals surface area contributed by atoms with Crippen LogP contribution in [-0.4, -0.2) is 16.9 Å². The van der Waals surface area contributed by atoms with Crippen LogP contribution in [-0.2, 0) is 6.54 Å². The molecule has 1 aromatic rings. The maximum atomic E-state index is 12.4. The summed E-state index contributed by atoms with van der Waals surface area (Å²) in [5, 5.41) is 5.84. The molecule has 3 unspecified atom stereocenters. The first-order valence-corrected chi connectivity index (χ1v) is 8.22. The predicted molar refractivity (Wildman–Crippen MR) is 87.7 cm³/mol. The van der Waals surface area contributed by atoms with Gasteiger partial charge in [0.15, 0.2) is 0 Å². The second kappa shape index (κ2) is 5.52. The third-order valence-corrected chi connectivity index (χ3v) is 6.93. The number of amides is 1. The number of nitrogens with two attached hydrogens (primary N) is 1. The third kappa shape index (κ3) is 2.39. The molecule has 2 saturated carbocycles. The monoisotopic (exact) mass is 329 g/mol. The van der Waals surface area contributed by atoms with Crippen LogP contribution in [0.4, 0.5) is 0 Å². The fraction of sp³-hybridized carbons (Fsp3) is 0.733. The van der Waals surface area contributed by atoms with Crippen molar-refractivity contribution in [2.75, 3.05) is 0 Å². The minimum atomic E-state index is -0.0458. The smallest absolute Gasteiger partial charge is 0.270 e. The maximum absolute atomic E-state index is 12.4. The van der Waals surface area contributed by atoms with Crippen LogP contribution in [0, 0.1) is 16.7 Å². The second-order valence-corrected chi connectivity index (χ2v) is 7.91. The van der Waals surface area contributed by atoms with Crippen LogP contribution < -0.4 is 11.1 Å². The molecular formula is C15H24ClN3OS. The van der Waals surface area contributed by atoms with E-state index in [0.717, 1.165) is 17.3 Å². The highest BCUT2D eigenvalue weighted by Gasteiger charge is 2.61. The van der Waals surface area contributed by atoms with Gasteiger partial charge in [0.05, 0.1) is 0 Å². The molecule has 4 nitrogen and oxygen atoms in total. The van der Waals surface area contributed by atoms with Crippen LogP contribution in [0.5, 0.6) is 0 Å². The lowest BCUT2D eigenvalue weighted by Gasteiger charge is -2.39. The Hall–Kier alpha value is -0.650. The van der Waals surface area contributed by atoms with E-state index in [9.17, 15) is 4.79 Å². The molecular weight excluding hydrogens is 306 g/mol. The van der Waals surface area contributed by atoms with Crippen LogP contribution in [0.2, 0.25) is 0 Å². The molecule has 2 aliphatic carbocycles. The molecule has 3 N–H and O–H groups in total. The maximum Gasteiger partial charge on any atom is 0.270 e. The molecule has 2 fully saturated rings. The average molecular weight is 330 g/mol. The highest BCUT2D eigenvalue weighted by molar-refractivity contribution is 7.09. The van der Waals surface area contributed by atoms with E-state index < -0.39 is 0 Å². The fourth-order valence-electron chi connectivity index (χ4n) is 4.16. The standard InChI is InChI=1S/C15H23N3OS.ClH/c1-14(2)9-4-5-15(14,3)11(6-9)18-13(19)10-8-20-12(7-16)17-10;/h8-9,11H,4-7,16H2,1-3H3,(H,18,19);1H. The van der Waals surface area contributed by atoms with E-state index in [1.54, 1.807) is 5.38 Å². The number of fused-ring (bicyclic) bond motifs is 2. The van der Waals surface area contributed by atoms with Crippen molar-refractivity contribution in [1.29, 1.82) is 0 Å². The Morgan fingerprint density at radius 1 is 1.52 bits per heavy atom. The van der Waals surface area contributed by atoms with Crippen molar-refractivity contribution in [2.45, 2.75) is 52.6 Å². The lowest BCUT2D eigenvalue weighted by Crippen LogP contribution is -2.47. The summed E-state index contributed by atoms with van der Waals surface area (Å²) in [6.07, 6.45) is 3.60. The molecule has 0 aromatic carbocycles. The summed E-state index contributed by atoms with van der Waals surface area (Å²) in [6.45, 7) is 7.43. The van der Waals surface area contributed by atoms with Gasteiger partial charge in [-0.2, -0.15) is 0 Å². The van der Waals surface area contributed by atoms with Crippen molar-refractivity contribution < 1.29 is 4.79 Å². The van der Waals surface area contributed by atoms with Gasteiger partial charge in [0.25, 0.3) is 5.91 Å². The molecule has 0 spiro atoms. The Bertz CT molecular complexity index is 545. The summed E-state index contributed by atoms with van der Waals surface area (Å²) in [5.41, 5.74) is 6.59. The minimum absolute atomic E-state index is 0.